The smallest absolute Gasteiger partial charge is 0.278 e. The van der Waals surface area contributed by atoms with E-state index in [0.29, 0.717) is 6.54 Å². The van der Waals surface area contributed by atoms with Crippen LogP contribution >= 0.6 is 0 Å². The lowest BCUT2D eigenvalue weighted by Gasteiger charge is -2.23. The molecule has 7 N–H and O–H groups in total. The summed E-state index contributed by atoms with van der Waals surface area (Å²) < 4.78 is 0. The van der Waals surface area contributed by atoms with E-state index in [2.05, 4.69) is 12.3 Å². The van der Waals surface area contributed by atoms with Crippen LogP contribution in [0.4, 0.5) is 0 Å². The minimum Gasteiger partial charge on any atom is -0.508 e. The third-order valence-corrected chi connectivity index (χ3v) is 6.22. The van der Waals surface area contributed by atoms with Gasteiger partial charge in [0.1, 0.15) is 17.7 Å². The van der Waals surface area contributed by atoms with Crippen molar-refractivity contribution in [2.24, 2.45) is 11.5 Å². The van der Waals surface area contributed by atoms with Crippen LogP contribution in [-0.2, 0) is 4.79 Å². The molecule has 1 rings (SSSR count). The van der Waals surface area contributed by atoms with Gasteiger partial charge < -0.3 is 21.7 Å². The number of phenolic OH excluding ortho intramolecular Hbond substituents is 2. The van der Waals surface area contributed by atoms with Crippen molar-refractivity contribution in [3.63, 3.8) is 0 Å². The first-order chi connectivity index (χ1) is 16.9. The van der Waals surface area contributed by atoms with Crippen molar-refractivity contribution >= 4 is 11.8 Å². The quantitative estimate of drug-likeness (QED) is 0.0971. The number of carbonyl (C=O) groups is 2. The number of benzene rings is 1. The molecule has 0 heterocycles. The van der Waals surface area contributed by atoms with Gasteiger partial charge in [-0.3, -0.25) is 9.59 Å². The van der Waals surface area contributed by atoms with Gasteiger partial charge in [-0.05, 0) is 18.6 Å². The van der Waals surface area contributed by atoms with Crippen LogP contribution in [0.25, 0.3) is 0 Å². The van der Waals surface area contributed by atoms with Crippen LogP contribution in [0.1, 0.15) is 120 Å². The average molecular weight is 493 g/mol. The molecule has 0 fully saturated rings. The van der Waals surface area contributed by atoms with Crippen molar-refractivity contribution in [3.8, 4) is 11.5 Å². The van der Waals surface area contributed by atoms with Crippen LogP contribution < -0.4 is 16.9 Å². The van der Waals surface area contributed by atoms with Crippen molar-refractivity contribution in [2.45, 2.75) is 116 Å². The predicted molar refractivity (Wildman–Crippen MR) is 141 cm³/mol. The van der Waals surface area contributed by atoms with Crippen molar-refractivity contribution in [3.05, 3.63) is 23.8 Å². The lowest BCUT2D eigenvalue weighted by molar-refractivity contribution is -0.132. The number of hydrogen-bond acceptors (Lipinski definition) is 7. The number of amides is 2. The zero-order valence-corrected chi connectivity index (χ0v) is 21.6. The summed E-state index contributed by atoms with van der Waals surface area (Å²) in [5, 5.41) is 20.1. The molecule has 0 radical (unpaired) electrons. The summed E-state index contributed by atoms with van der Waals surface area (Å²) in [6.07, 6.45) is 18.9. The summed E-state index contributed by atoms with van der Waals surface area (Å²) in [6.45, 7) is 2.66. The highest BCUT2D eigenvalue weighted by molar-refractivity contribution is 6.06. The first-order valence-corrected chi connectivity index (χ1v) is 13.5. The van der Waals surface area contributed by atoms with Crippen molar-refractivity contribution in [1.82, 2.24) is 10.4 Å². The highest BCUT2D eigenvalue weighted by Gasteiger charge is 2.27. The predicted octanol–water partition coefficient (Wildman–Crippen LogP) is 5.08. The lowest BCUT2D eigenvalue weighted by Crippen LogP contribution is -2.56. The second kappa shape index (κ2) is 19.1. The van der Waals surface area contributed by atoms with Crippen LogP contribution in [0.3, 0.4) is 0 Å². The van der Waals surface area contributed by atoms with E-state index >= 15 is 0 Å². The normalized spacial score (nSPS) is 11.2. The zero-order chi connectivity index (χ0) is 25.9. The summed E-state index contributed by atoms with van der Waals surface area (Å²) >= 11 is 0. The van der Waals surface area contributed by atoms with E-state index in [1.54, 1.807) is 0 Å². The van der Waals surface area contributed by atoms with Gasteiger partial charge in [0.25, 0.3) is 11.8 Å². The number of carbonyl (C=O) groups excluding carboxylic acids is 2. The van der Waals surface area contributed by atoms with Crippen LogP contribution in [0.2, 0.25) is 0 Å². The Morgan fingerprint density at radius 2 is 1.26 bits per heavy atom. The van der Waals surface area contributed by atoms with Crippen LogP contribution in [0, 0.1) is 0 Å². The van der Waals surface area contributed by atoms with Gasteiger partial charge in [0.2, 0.25) is 0 Å². The minimum absolute atomic E-state index is 0.128. The van der Waals surface area contributed by atoms with E-state index < -0.39 is 23.7 Å². The average Bonchev–Trinajstić information content (AvgIpc) is 2.82. The number of aromatic hydroxyl groups is 2. The molecule has 0 saturated carbocycles. The van der Waals surface area contributed by atoms with E-state index in [1.807, 2.05) is 0 Å². The molecule has 1 aromatic carbocycles. The second-order valence-electron chi connectivity index (χ2n) is 9.42. The largest absolute Gasteiger partial charge is 0.508 e. The van der Waals surface area contributed by atoms with E-state index in [9.17, 15) is 19.8 Å². The van der Waals surface area contributed by atoms with Gasteiger partial charge >= 0.3 is 0 Å². The van der Waals surface area contributed by atoms with E-state index in [4.69, 9.17) is 11.5 Å². The number of imide groups is 1. The monoisotopic (exact) mass is 492 g/mol. The van der Waals surface area contributed by atoms with Gasteiger partial charge in [0.05, 0.1) is 5.56 Å². The molecule has 0 unspecified atom stereocenters. The maximum absolute atomic E-state index is 12.7. The molecular weight excluding hydrogens is 444 g/mol. The summed E-state index contributed by atoms with van der Waals surface area (Å²) in [6, 6.07) is 3.53. The Bertz CT molecular complexity index is 727. The molecule has 0 aromatic heterocycles. The number of nitrogens with one attached hydrogen (secondary N) is 1. The molecule has 0 saturated heterocycles. The molecule has 0 atom stereocenters. The molecule has 8 nitrogen and oxygen atoms in total. The van der Waals surface area contributed by atoms with Crippen molar-refractivity contribution in [2.75, 3.05) is 6.54 Å². The summed E-state index contributed by atoms with van der Waals surface area (Å²) in [5.74, 6) is -2.18. The molecule has 35 heavy (non-hydrogen) atoms. The van der Waals surface area contributed by atoms with Gasteiger partial charge in [-0.1, -0.05) is 103 Å². The fourth-order valence-corrected chi connectivity index (χ4v) is 4.08. The van der Waals surface area contributed by atoms with Gasteiger partial charge in [-0.25, -0.2) is 10.4 Å². The molecule has 1 aromatic rings. The van der Waals surface area contributed by atoms with Crippen molar-refractivity contribution in [1.29, 1.82) is 0 Å². The Morgan fingerprint density at radius 1 is 0.800 bits per heavy atom. The van der Waals surface area contributed by atoms with Gasteiger partial charge in [-0.15, -0.1) is 0 Å². The number of rotatable bonds is 20. The number of unbranched alkanes of at least 4 members (excludes halogenated alkanes) is 15. The van der Waals surface area contributed by atoms with E-state index in [-0.39, 0.29) is 11.3 Å². The topological polar surface area (TPSA) is 142 Å². The van der Waals surface area contributed by atoms with Crippen LogP contribution in [0.5, 0.6) is 11.5 Å². The number of hydrazine groups is 1. The Balaban J connectivity index is 2.15. The summed E-state index contributed by atoms with van der Waals surface area (Å²) in [5.41, 5.74) is 13.6. The number of hydrogen-bond donors (Lipinski definition) is 5. The van der Waals surface area contributed by atoms with Gasteiger partial charge in [0, 0.05) is 12.6 Å². The molecule has 0 bridgehead atoms. The maximum atomic E-state index is 12.7. The highest BCUT2D eigenvalue weighted by Crippen LogP contribution is 2.23. The fourth-order valence-electron chi connectivity index (χ4n) is 4.08. The molecular formula is C27H48N4O4. The lowest BCUT2D eigenvalue weighted by atomic mass is 10.0. The SMILES string of the molecule is CCCCCCCCCCCCCCCCCCNN(C(=O)c1ccc(O)cc1O)C(=O)C(N)N. The van der Waals surface area contributed by atoms with Crippen molar-refractivity contribution < 1.29 is 19.8 Å². The van der Waals surface area contributed by atoms with Gasteiger partial charge in [-0.2, -0.15) is 0 Å². The molecule has 0 spiro atoms. The molecule has 0 aliphatic rings. The summed E-state index contributed by atoms with van der Waals surface area (Å²) in [7, 11) is 0. The zero-order valence-electron chi connectivity index (χ0n) is 21.6. The third kappa shape index (κ3) is 13.5. The Kier molecular flexibility index (Phi) is 16.8. The Hall–Kier alpha value is -2.16. The minimum atomic E-state index is -1.36. The molecule has 0 aliphatic carbocycles. The van der Waals surface area contributed by atoms with Crippen LogP contribution in [0.15, 0.2) is 18.2 Å². The Labute approximate surface area is 211 Å². The third-order valence-electron chi connectivity index (χ3n) is 6.22. The number of nitrogens with zero attached hydrogens (tertiary/aromatic N) is 1. The standard InChI is InChI=1S/C27H48N4O4/c1-2-3-4-5-6-7-8-9-10-11-12-13-14-15-16-17-20-30-31(27(35)25(28)29)26(34)23-19-18-22(32)21-24(23)33/h18-19,21,25,30,32-33H,2-17,20,28-29H2,1H3. The number of nitrogens with two attached hydrogens (primary N) is 2. The highest BCUT2D eigenvalue weighted by atomic mass is 16.3. The van der Waals surface area contributed by atoms with Crippen LogP contribution in [-0.4, -0.2) is 39.7 Å². The fraction of sp³-hybridized carbons (Fsp3) is 0.704. The first kappa shape index (κ1) is 30.9. The molecule has 0 aliphatic heterocycles. The second-order valence-corrected chi connectivity index (χ2v) is 9.42. The Morgan fingerprint density at radius 3 is 1.69 bits per heavy atom. The number of phenols is 2. The molecule has 2 amide bonds. The van der Waals surface area contributed by atoms with Gasteiger partial charge in [0.15, 0.2) is 0 Å². The molecule has 200 valence electrons. The first-order valence-electron chi connectivity index (χ1n) is 13.5. The van der Waals surface area contributed by atoms with E-state index in [1.165, 1.54) is 95.6 Å². The molecule has 8 heteroatoms. The summed E-state index contributed by atoms with van der Waals surface area (Å²) in [4.78, 5) is 25.0. The van der Waals surface area contributed by atoms with E-state index in [0.717, 1.165) is 30.3 Å². The maximum Gasteiger partial charge on any atom is 0.278 e.